The van der Waals surface area contributed by atoms with E-state index in [9.17, 15) is 14.4 Å². The Morgan fingerprint density at radius 1 is 1.30 bits per heavy atom. The van der Waals surface area contributed by atoms with Crippen LogP contribution in [-0.2, 0) is 25.5 Å². The molecule has 1 amide bonds. The Labute approximate surface area is 157 Å². The molecule has 1 aromatic heterocycles. The number of nitrogens with one attached hydrogen (secondary N) is 1. The fourth-order valence-electron chi connectivity index (χ4n) is 4.66. The molecule has 1 unspecified atom stereocenters. The largest absolute Gasteiger partial charge is 0.468 e. The predicted molar refractivity (Wildman–Crippen MR) is 99.9 cm³/mol. The van der Waals surface area contributed by atoms with Crippen molar-refractivity contribution in [1.29, 1.82) is 0 Å². The Kier molecular flexibility index (Phi) is 4.72. The second kappa shape index (κ2) is 7.18. The number of aromatic amines is 1. The second-order valence-electron chi connectivity index (χ2n) is 7.60. The van der Waals surface area contributed by atoms with Gasteiger partial charge >= 0.3 is 5.97 Å². The molecule has 1 aromatic carbocycles. The van der Waals surface area contributed by atoms with Crippen LogP contribution in [0.3, 0.4) is 0 Å². The van der Waals surface area contributed by atoms with Crippen molar-refractivity contribution in [1.82, 2.24) is 9.88 Å². The van der Waals surface area contributed by atoms with Gasteiger partial charge in [-0.3, -0.25) is 14.4 Å². The summed E-state index contributed by atoms with van der Waals surface area (Å²) in [6.45, 7) is 1.18. The zero-order valence-corrected chi connectivity index (χ0v) is 15.4. The lowest BCUT2D eigenvalue weighted by molar-refractivity contribution is -0.163. The monoisotopic (exact) mass is 368 g/mol. The topological polar surface area (TPSA) is 79.5 Å². The number of nitrogens with zero attached hydrogens (tertiary/aromatic N) is 1. The Morgan fingerprint density at radius 2 is 2.11 bits per heavy atom. The van der Waals surface area contributed by atoms with Gasteiger partial charge in [0.25, 0.3) is 0 Å². The van der Waals surface area contributed by atoms with E-state index in [-0.39, 0.29) is 23.5 Å². The van der Waals surface area contributed by atoms with Crippen LogP contribution in [0, 0.1) is 17.8 Å². The van der Waals surface area contributed by atoms with E-state index >= 15 is 0 Å². The summed E-state index contributed by atoms with van der Waals surface area (Å²) in [5, 5.41) is 1.16. The molecule has 2 aromatic rings. The summed E-state index contributed by atoms with van der Waals surface area (Å²) in [5.74, 6) is -1.44. The Bertz CT molecular complexity index is 887. The van der Waals surface area contributed by atoms with E-state index in [0.717, 1.165) is 29.3 Å². The van der Waals surface area contributed by atoms with Crippen molar-refractivity contribution in [2.75, 3.05) is 20.2 Å². The molecule has 0 radical (unpaired) electrons. The van der Waals surface area contributed by atoms with E-state index in [0.29, 0.717) is 25.9 Å². The maximum absolute atomic E-state index is 13.0. The quantitative estimate of drug-likeness (QED) is 0.664. The number of benzene rings is 1. The van der Waals surface area contributed by atoms with Crippen molar-refractivity contribution in [2.45, 2.75) is 25.7 Å². The second-order valence-corrected chi connectivity index (χ2v) is 7.60. The van der Waals surface area contributed by atoms with Crippen LogP contribution in [0.4, 0.5) is 0 Å². The molecule has 1 aliphatic heterocycles. The van der Waals surface area contributed by atoms with Crippen LogP contribution in [0.2, 0.25) is 0 Å². The summed E-state index contributed by atoms with van der Waals surface area (Å²) in [6.07, 6.45) is 4.30. The van der Waals surface area contributed by atoms with Crippen molar-refractivity contribution in [3.8, 4) is 0 Å². The maximum Gasteiger partial charge on any atom is 0.318 e. The van der Waals surface area contributed by atoms with Gasteiger partial charge in [0.05, 0.1) is 7.11 Å². The van der Waals surface area contributed by atoms with Gasteiger partial charge in [0, 0.05) is 43.0 Å². The van der Waals surface area contributed by atoms with Gasteiger partial charge in [0.2, 0.25) is 5.91 Å². The van der Waals surface area contributed by atoms with Crippen molar-refractivity contribution < 1.29 is 19.1 Å². The van der Waals surface area contributed by atoms with E-state index in [1.807, 2.05) is 24.4 Å². The third-order valence-electron chi connectivity index (χ3n) is 6.10. The highest BCUT2D eigenvalue weighted by atomic mass is 16.5. The van der Waals surface area contributed by atoms with E-state index in [2.05, 4.69) is 11.1 Å². The van der Waals surface area contributed by atoms with Crippen molar-refractivity contribution in [3.05, 3.63) is 36.0 Å². The standard InChI is InChI=1S/C21H24N2O4/c1-27-21(26)19-17-10-15(24)7-6-14(17)12-23(20(19)25)9-8-13-11-22-18-5-3-2-4-16(13)18/h2-5,11,14,17,19,22H,6-10,12H2,1H3/t14-,17-,19?/m0/s1. The van der Waals surface area contributed by atoms with E-state index in [1.165, 1.54) is 7.11 Å². The number of carbonyl (C=O) groups excluding carboxylic acids is 3. The molecule has 2 aliphatic rings. The van der Waals surface area contributed by atoms with Crippen molar-refractivity contribution in [2.24, 2.45) is 17.8 Å². The van der Waals surface area contributed by atoms with Gasteiger partial charge in [0.1, 0.15) is 11.7 Å². The molecule has 0 spiro atoms. The molecule has 0 bridgehead atoms. The first-order chi connectivity index (χ1) is 13.1. The van der Waals surface area contributed by atoms with Crippen LogP contribution in [0.1, 0.15) is 24.8 Å². The number of rotatable bonds is 4. The van der Waals surface area contributed by atoms with Gasteiger partial charge in [0.15, 0.2) is 0 Å². The minimum absolute atomic E-state index is 0.144. The molecule has 3 atom stereocenters. The molecule has 2 heterocycles. The molecule has 1 aliphatic carbocycles. The van der Waals surface area contributed by atoms with Gasteiger partial charge < -0.3 is 14.6 Å². The third-order valence-corrected chi connectivity index (χ3v) is 6.10. The molecule has 1 N–H and O–H groups in total. The average molecular weight is 368 g/mol. The lowest BCUT2D eigenvalue weighted by Crippen LogP contribution is -2.55. The summed E-state index contributed by atoms with van der Waals surface area (Å²) in [4.78, 5) is 42.3. The first-order valence-electron chi connectivity index (χ1n) is 9.51. The number of ketones is 1. The molecule has 27 heavy (non-hydrogen) atoms. The number of piperidine rings is 1. The smallest absolute Gasteiger partial charge is 0.318 e. The summed E-state index contributed by atoms with van der Waals surface area (Å²) in [5.41, 5.74) is 2.24. The Morgan fingerprint density at radius 3 is 2.93 bits per heavy atom. The summed E-state index contributed by atoms with van der Waals surface area (Å²) >= 11 is 0. The van der Waals surface area contributed by atoms with Gasteiger partial charge in [-0.2, -0.15) is 0 Å². The summed E-state index contributed by atoms with van der Waals surface area (Å²) < 4.78 is 4.90. The number of esters is 1. The first kappa shape index (κ1) is 17.8. The Hall–Kier alpha value is -2.63. The zero-order valence-electron chi connectivity index (χ0n) is 15.4. The highest BCUT2D eigenvalue weighted by molar-refractivity contribution is 5.99. The number of fused-ring (bicyclic) bond motifs is 2. The SMILES string of the molecule is COC(=O)C1C(=O)N(CCc2c[nH]c3ccccc23)C[C@@H]2CCC(=O)C[C@H]12. The van der Waals surface area contributed by atoms with Gasteiger partial charge in [-0.1, -0.05) is 18.2 Å². The maximum atomic E-state index is 13.0. The Balaban J connectivity index is 1.53. The number of Topliss-reactive ketones (excluding diaryl/α,β-unsaturated/α-hetero) is 1. The molecule has 142 valence electrons. The molecule has 1 saturated carbocycles. The number of methoxy groups -OCH3 is 1. The number of hydrogen-bond acceptors (Lipinski definition) is 4. The third kappa shape index (κ3) is 3.24. The van der Waals surface area contributed by atoms with Crippen LogP contribution >= 0.6 is 0 Å². The average Bonchev–Trinajstić information content (AvgIpc) is 3.09. The van der Waals surface area contributed by atoms with E-state index in [1.54, 1.807) is 4.90 Å². The number of carbonyl (C=O) groups is 3. The molecular formula is C21H24N2O4. The zero-order chi connectivity index (χ0) is 19.0. The fourth-order valence-corrected chi connectivity index (χ4v) is 4.66. The van der Waals surface area contributed by atoms with E-state index < -0.39 is 11.9 Å². The lowest BCUT2D eigenvalue weighted by atomic mass is 9.69. The minimum Gasteiger partial charge on any atom is -0.468 e. The summed E-state index contributed by atoms with van der Waals surface area (Å²) in [7, 11) is 1.31. The van der Waals surface area contributed by atoms with Gasteiger partial charge in [-0.05, 0) is 36.3 Å². The highest BCUT2D eigenvalue weighted by Gasteiger charge is 2.49. The van der Waals surface area contributed by atoms with Crippen LogP contribution in [-0.4, -0.2) is 47.7 Å². The number of hydrogen-bond donors (Lipinski definition) is 1. The van der Waals surface area contributed by atoms with Crippen LogP contribution in [0.5, 0.6) is 0 Å². The van der Waals surface area contributed by atoms with Gasteiger partial charge in [-0.15, -0.1) is 0 Å². The summed E-state index contributed by atoms with van der Waals surface area (Å²) in [6, 6.07) is 8.09. The number of likely N-dealkylation sites (tertiary alicyclic amines) is 1. The molecule has 2 fully saturated rings. The molecule has 6 nitrogen and oxygen atoms in total. The number of ether oxygens (including phenoxy) is 1. The lowest BCUT2D eigenvalue weighted by Gasteiger charge is -2.44. The molecule has 1 saturated heterocycles. The number of H-pyrrole nitrogens is 1. The van der Waals surface area contributed by atoms with Gasteiger partial charge in [-0.25, -0.2) is 0 Å². The molecule has 6 heteroatoms. The number of para-hydroxylation sites is 1. The van der Waals surface area contributed by atoms with Crippen LogP contribution < -0.4 is 0 Å². The van der Waals surface area contributed by atoms with Crippen LogP contribution in [0.25, 0.3) is 10.9 Å². The van der Waals surface area contributed by atoms with Crippen LogP contribution in [0.15, 0.2) is 30.5 Å². The highest BCUT2D eigenvalue weighted by Crippen LogP contribution is 2.39. The number of aromatic nitrogens is 1. The minimum atomic E-state index is -0.846. The molecule has 4 rings (SSSR count). The molecular weight excluding hydrogens is 344 g/mol. The number of amides is 1. The fraction of sp³-hybridized carbons (Fsp3) is 0.476. The predicted octanol–water partition coefficient (Wildman–Crippen LogP) is 2.33. The van der Waals surface area contributed by atoms with Crippen molar-refractivity contribution in [3.63, 3.8) is 0 Å². The first-order valence-corrected chi connectivity index (χ1v) is 9.51. The van der Waals surface area contributed by atoms with Crippen molar-refractivity contribution >= 4 is 28.6 Å². The normalized spacial score (nSPS) is 25.5. The van der Waals surface area contributed by atoms with E-state index in [4.69, 9.17) is 4.74 Å².